The third kappa shape index (κ3) is 3.56. The molecule has 0 aromatic rings. The highest BCUT2D eigenvalue weighted by Gasteiger charge is 1.98. The number of hydrogen-bond donors (Lipinski definition) is 1. The van der Waals surface area contributed by atoms with Crippen LogP contribution in [0.3, 0.4) is 0 Å². The first-order chi connectivity index (χ1) is 5.26. The van der Waals surface area contributed by atoms with E-state index in [-0.39, 0.29) is 5.92 Å². The van der Waals surface area contributed by atoms with Crippen molar-refractivity contribution in [2.24, 2.45) is 5.92 Å². The zero-order valence-electron chi connectivity index (χ0n) is 7.17. The van der Waals surface area contributed by atoms with E-state index in [2.05, 4.69) is 6.58 Å². The molecule has 0 heterocycles. The van der Waals surface area contributed by atoms with Crippen molar-refractivity contribution in [2.75, 3.05) is 0 Å². The molecule has 1 unspecified atom stereocenters. The van der Waals surface area contributed by atoms with Crippen molar-refractivity contribution in [3.63, 3.8) is 0 Å². The van der Waals surface area contributed by atoms with Crippen molar-refractivity contribution in [1.29, 1.82) is 5.41 Å². The average Bonchev–Trinajstić information content (AvgIpc) is 2.03. The van der Waals surface area contributed by atoms with Crippen LogP contribution in [0, 0.1) is 11.3 Å². The van der Waals surface area contributed by atoms with Crippen LogP contribution in [0.1, 0.15) is 13.8 Å². The second-order valence-electron chi connectivity index (χ2n) is 2.36. The van der Waals surface area contributed by atoms with Crippen LogP contribution >= 0.6 is 0 Å². The smallest absolute Gasteiger partial charge is 0.0158 e. The van der Waals surface area contributed by atoms with Gasteiger partial charge in [-0.05, 0) is 12.5 Å². The number of nitrogens with one attached hydrogen (secondary N) is 1. The first-order valence-electron chi connectivity index (χ1n) is 3.72. The third-order valence-electron chi connectivity index (χ3n) is 1.45. The Morgan fingerprint density at radius 1 is 1.55 bits per heavy atom. The predicted octanol–water partition coefficient (Wildman–Crippen LogP) is 2.96. The lowest BCUT2D eigenvalue weighted by Crippen LogP contribution is -1.96. The van der Waals surface area contributed by atoms with E-state index in [1.54, 1.807) is 6.08 Å². The van der Waals surface area contributed by atoms with E-state index in [1.807, 2.05) is 32.1 Å². The summed E-state index contributed by atoms with van der Waals surface area (Å²) in [5.74, 6) is 0.184. The lowest BCUT2D eigenvalue weighted by Gasteiger charge is -2.04. The maximum atomic E-state index is 7.06. The lowest BCUT2D eigenvalue weighted by atomic mass is 10.0. The van der Waals surface area contributed by atoms with Gasteiger partial charge in [-0.2, -0.15) is 0 Å². The van der Waals surface area contributed by atoms with Crippen molar-refractivity contribution in [2.45, 2.75) is 13.8 Å². The summed E-state index contributed by atoms with van der Waals surface area (Å²) in [7, 11) is 0. The highest BCUT2D eigenvalue weighted by molar-refractivity contribution is 5.62. The van der Waals surface area contributed by atoms with Gasteiger partial charge in [0.15, 0.2) is 0 Å². The van der Waals surface area contributed by atoms with Gasteiger partial charge >= 0.3 is 0 Å². The summed E-state index contributed by atoms with van der Waals surface area (Å²) in [6.45, 7) is 7.57. The Hall–Kier alpha value is -1.11. The molecule has 1 N–H and O–H groups in total. The zero-order chi connectivity index (χ0) is 8.69. The van der Waals surface area contributed by atoms with E-state index in [0.717, 1.165) is 5.57 Å². The molecule has 0 saturated heterocycles. The molecule has 0 aliphatic carbocycles. The summed E-state index contributed by atoms with van der Waals surface area (Å²) in [4.78, 5) is 0. The number of hydrogen-bond acceptors (Lipinski definition) is 1. The van der Waals surface area contributed by atoms with Gasteiger partial charge in [-0.15, -0.1) is 0 Å². The van der Waals surface area contributed by atoms with E-state index in [0.29, 0.717) is 0 Å². The largest absolute Gasteiger partial charge is 0.312 e. The molecule has 0 spiro atoms. The molecule has 60 valence electrons. The standard InChI is InChI=1S/C10H15N/c1-4-6-10(7-5-2)9(3)8-11/h4-9,11H,1H2,2-3H3/b7-5-,10-6+,11-8?. The van der Waals surface area contributed by atoms with Gasteiger partial charge in [0.1, 0.15) is 0 Å². The molecule has 1 nitrogen and oxygen atoms in total. The molecule has 0 rings (SSSR count). The monoisotopic (exact) mass is 149 g/mol. The summed E-state index contributed by atoms with van der Waals surface area (Å²) in [5.41, 5.74) is 1.12. The molecule has 1 atom stereocenters. The molecule has 0 aromatic heterocycles. The van der Waals surface area contributed by atoms with Gasteiger partial charge in [0, 0.05) is 12.1 Å². The topological polar surface area (TPSA) is 23.9 Å². The molecule has 0 aromatic carbocycles. The Kier molecular flexibility index (Phi) is 5.09. The minimum Gasteiger partial charge on any atom is -0.312 e. The minimum atomic E-state index is 0.184. The van der Waals surface area contributed by atoms with E-state index in [4.69, 9.17) is 5.41 Å². The lowest BCUT2D eigenvalue weighted by molar-refractivity contribution is 0.961. The molecular formula is C10H15N. The highest BCUT2D eigenvalue weighted by atomic mass is 14.3. The molecular weight excluding hydrogens is 134 g/mol. The first-order valence-corrected chi connectivity index (χ1v) is 3.72. The SMILES string of the molecule is C=C/C=C(\C=C/C)C(C)C=N. The maximum absolute atomic E-state index is 7.06. The fraction of sp³-hybridized carbons (Fsp3) is 0.300. The molecule has 0 aliphatic rings. The van der Waals surface area contributed by atoms with E-state index >= 15 is 0 Å². The van der Waals surface area contributed by atoms with E-state index in [1.165, 1.54) is 6.21 Å². The van der Waals surface area contributed by atoms with Crippen molar-refractivity contribution in [3.05, 3.63) is 36.5 Å². The average molecular weight is 149 g/mol. The van der Waals surface area contributed by atoms with Gasteiger partial charge in [-0.25, -0.2) is 0 Å². The molecule has 0 bridgehead atoms. The van der Waals surface area contributed by atoms with Gasteiger partial charge in [-0.3, -0.25) is 0 Å². The quantitative estimate of drug-likeness (QED) is 0.469. The second-order valence-corrected chi connectivity index (χ2v) is 2.36. The predicted molar refractivity (Wildman–Crippen MR) is 51.0 cm³/mol. The Morgan fingerprint density at radius 3 is 2.55 bits per heavy atom. The van der Waals surface area contributed by atoms with Gasteiger partial charge in [0.05, 0.1) is 0 Å². The Bertz CT molecular complexity index is 187. The number of allylic oxidation sites excluding steroid dienone is 5. The molecule has 0 fully saturated rings. The van der Waals surface area contributed by atoms with E-state index < -0.39 is 0 Å². The van der Waals surface area contributed by atoms with Crippen molar-refractivity contribution in [1.82, 2.24) is 0 Å². The minimum absolute atomic E-state index is 0.184. The van der Waals surface area contributed by atoms with Crippen molar-refractivity contribution >= 4 is 6.21 Å². The van der Waals surface area contributed by atoms with Gasteiger partial charge < -0.3 is 5.41 Å². The van der Waals surface area contributed by atoms with Crippen molar-refractivity contribution < 1.29 is 0 Å². The fourth-order valence-corrected chi connectivity index (χ4v) is 0.784. The van der Waals surface area contributed by atoms with Crippen LogP contribution in [0.4, 0.5) is 0 Å². The molecule has 1 heteroatoms. The van der Waals surface area contributed by atoms with Crippen LogP contribution in [0.5, 0.6) is 0 Å². The van der Waals surface area contributed by atoms with E-state index in [9.17, 15) is 0 Å². The summed E-state index contributed by atoms with van der Waals surface area (Å²) >= 11 is 0. The van der Waals surface area contributed by atoms with Crippen LogP contribution in [0.25, 0.3) is 0 Å². The van der Waals surface area contributed by atoms with Gasteiger partial charge in [0.2, 0.25) is 0 Å². The third-order valence-corrected chi connectivity index (χ3v) is 1.45. The van der Waals surface area contributed by atoms with Crippen LogP contribution < -0.4 is 0 Å². The Balaban J connectivity index is 4.45. The molecule has 0 aliphatic heterocycles. The Morgan fingerprint density at radius 2 is 2.18 bits per heavy atom. The second kappa shape index (κ2) is 5.66. The highest BCUT2D eigenvalue weighted by Crippen LogP contribution is 2.09. The zero-order valence-corrected chi connectivity index (χ0v) is 7.17. The fourth-order valence-electron chi connectivity index (χ4n) is 0.784. The van der Waals surface area contributed by atoms with Crippen LogP contribution in [0.15, 0.2) is 36.5 Å². The molecule has 0 radical (unpaired) electrons. The van der Waals surface area contributed by atoms with Gasteiger partial charge in [-0.1, -0.05) is 37.8 Å². The molecule has 0 amide bonds. The summed E-state index contributed by atoms with van der Waals surface area (Å²) in [6.07, 6.45) is 9.06. The number of rotatable bonds is 4. The van der Waals surface area contributed by atoms with Crippen LogP contribution in [0.2, 0.25) is 0 Å². The first kappa shape index (κ1) is 9.89. The van der Waals surface area contributed by atoms with Gasteiger partial charge in [0.25, 0.3) is 0 Å². The maximum Gasteiger partial charge on any atom is 0.0158 e. The normalized spacial score (nSPS) is 14.9. The van der Waals surface area contributed by atoms with Crippen molar-refractivity contribution in [3.8, 4) is 0 Å². The summed E-state index contributed by atoms with van der Waals surface area (Å²) in [5, 5.41) is 7.06. The van der Waals surface area contributed by atoms with Crippen LogP contribution in [-0.2, 0) is 0 Å². The molecule has 11 heavy (non-hydrogen) atoms. The Labute approximate surface area is 68.6 Å². The van der Waals surface area contributed by atoms with Crippen LogP contribution in [-0.4, -0.2) is 6.21 Å². The molecule has 0 saturated carbocycles. The summed E-state index contributed by atoms with van der Waals surface area (Å²) in [6, 6.07) is 0. The summed E-state index contributed by atoms with van der Waals surface area (Å²) < 4.78 is 0.